The molecule has 17 heavy (non-hydrogen) atoms. The Kier molecular flexibility index (Phi) is 2.55. The van der Waals surface area contributed by atoms with E-state index in [1.54, 1.807) is 26.0 Å². The molecule has 1 heterocycles. The van der Waals surface area contributed by atoms with Gasteiger partial charge in [-0.2, -0.15) is 0 Å². The topological polar surface area (TPSA) is 95.2 Å². The van der Waals surface area contributed by atoms with Gasteiger partial charge in [-0.05, 0) is 26.0 Å². The van der Waals surface area contributed by atoms with Gasteiger partial charge in [0.1, 0.15) is 0 Å². The van der Waals surface area contributed by atoms with Gasteiger partial charge in [0.15, 0.2) is 11.6 Å². The molecule has 2 aromatic rings. The normalized spacial score (nSPS) is 10.5. The van der Waals surface area contributed by atoms with E-state index in [9.17, 15) is 10.1 Å². The summed E-state index contributed by atoms with van der Waals surface area (Å²) in [5.41, 5.74) is 7.70. The van der Waals surface area contributed by atoms with Crippen molar-refractivity contribution in [2.75, 3.05) is 5.73 Å². The second-order valence-corrected chi connectivity index (χ2v) is 3.78. The number of nitrogen functional groups attached to an aromatic ring is 1. The van der Waals surface area contributed by atoms with Crippen molar-refractivity contribution < 1.29 is 9.45 Å². The molecule has 0 saturated carbocycles. The lowest BCUT2D eigenvalue weighted by atomic mass is 10.1. The van der Waals surface area contributed by atoms with Gasteiger partial charge in [-0.25, -0.2) is 0 Å². The Morgan fingerprint density at radius 3 is 2.59 bits per heavy atom. The summed E-state index contributed by atoms with van der Waals surface area (Å²) >= 11 is 0. The number of nitrogens with two attached hydrogens (primary N) is 1. The van der Waals surface area contributed by atoms with Crippen molar-refractivity contribution >= 4 is 11.5 Å². The van der Waals surface area contributed by atoms with Crippen LogP contribution >= 0.6 is 0 Å². The van der Waals surface area contributed by atoms with Crippen LogP contribution in [0.5, 0.6) is 0 Å². The van der Waals surface area contributed by atoms with E-state index < -0.39 is 4.92 Å². The first-order valence-corrected chi connectivity index (χ1v) is 4.98. The van der Waals surface area contributed by atoms with Gasteiger partial charge >= 0.3 is 0 Å². The molecule has 0 unspecified atom stereocenters. The zero-order chi connectivity index (χ0) is 12.6. The summed E-state index contributed by atoms with van der Waals surface area (Å²) in [5, 5.41) is 14.3. The summed E-state index contributed by atoms with van der Waals surface area (Å²) in [7, 11) is 0. The standard InChI is InChI=1S/C11H11N3O3/c1-6-5-8(3-4-9(6)14(15)16)10-7(2)11(12)13-17-10/h3-5H,1-2H3,(H2,12,13). The molecule has 0 radical (unpaired) electrons. The fraction of sp³-hybridized carbons (Fsp3) is 0.182. The van der Waals surface area contributed by atoms with Crippen LogP contribution in [-0.2, 0) is 0 Å². The van der Waals surface area contributed by atoms with Crippen LogP contribution in [0.25, 0.3) is 11.3 Å². The maximum atomic E-state index is 10.7. The predicted octanol–water partition coefficient (Wildman–Crippen LogP) is 2.45. The molecule has 0 saturated heterocycles. The molecule has 0 aliphatic heterocycles. The summed E-state index contributed by atoms with van der Waals surface area (Å²) in [4.78, 5) is 10.3. The van der Waals surface area contributed by atoms with E-state index in [-0.39, 0.29) is 5.69 Å². The first-order chi connectivity index (χ1) is 8.00. The number of nitro benzene ring substituents is 1. The number of aryl methyl sites for hydroxylation is 1. The molecule has 2 rings (SSSR count). The van der Waals surface area contributed by atoms with Gasteiger partial charge < -0.3 is 10.3 Å². The van der Waals surface area contributed by atoms with Crippen molar-refractivity contribution in [2.45, 2.75) is 13.8 Å². The minimum atomic E-state index is -0.416. The molecule has 6 heteroatoms. The molecule has 6 nitrogen and oxygen atoms in total. The number of hydrogen-bond donors (Lipinski definition) is 1. The van der Waals surface area contributed by atoms with Crippen molar-refractivity contribution in [1.29, 1.82) is 0 Å². The zero-order valence-corrected chi connectivity index (χ0v) is 9.43. The lowest BCUT2D eigenvalue weighted by Crippen LogP contribution is -1.92. The number of aromatic nitrogens is 1. The van der Waals surface area contributed by atoms with E-state index in [2.05, 4.69) is 5.16 Å². The van der Waals surface area contributed by atoms with Gasteiger partial charge in [0, 0.05) is 22.8 Å². The molecule has 0 bridgehead atoms. The van der Waals surface area contributed by atoms with Gasteiger partial charge in [0.05, 0.1) is 4.92 Å². The molecule has 0 fully saturated rings. The lowest BCUT2D eigenvalue weighted by molar-refractivity contribution is -0.385. The summed E-state index contributed by atoms with van der Waals surface area (Å²) in [6, 6.07) is 4.76. The van der Waals surface area contributed by atoms with Crippen LogP contribution in [0.1, 0.15) is 11.1 Å². The lowest BCUT2D eigenvalue weighted by Gasteiger charge is -2.00. The molecule has 88 valence electrons. The van der Waals surface area contributed by atoms with Gasteiger partial charge in [0.25, 0.3) is 5.69 Å². The van der Waals surface area contributed by atoms with Crippen LogP contribution in [-0.4, -0.2) is 10.1 Å². The van der Waals surface area contributed by atoms with E-state index >= 15 is 0 Å². The third-order valence-corrected chi connectivity index (χ3v) is 2.62. The fourth-order valence-corrected chi connectivity index (χ4v) is 1.62. The number of benzene rings is 1. The van der Waals surface area contributed by atoms with E-state index in [1.165, 1.54) is 6.07 Å². The van der Waals surface area contributed by atoms with E-state index in [0.717, 1.165) is 11.1 Å². The predicted molar refractivity (Wildman–Crippen MR) is 62.5 cm³/mol. The van der Waals surface area contributed by atoms with Crippen LogP contribution in [0.4, 0.5) is 11.5 Å². The first-order valence-electron chi connectivity index (χ1n) is 4.98. The van der Waals surface area contributed by atoms with E-state index in [1.807, 2.05) is 0 Å². The average Bonchev–Trinajstić information content (AvgIpc) is 2.59. The molecule has 0 aliphatic carbocycles. The van der Waals surface area contributed by atoms with E-state index in [4.69, 9.17) is 10.3 Å². The van der Waals surface area contributed by atoms with Crippen molar-refractivity contribution in [3.8, 4) is 11.3 Å². The van der Waals surface area contributed by atoms with Crippen LogP contribution in [0, 0.1) is 24.0 Å². The molecule has 0 amide bonds. The minimum absolute atomic E-state index is 0.0823. The number of nitro groups is 1. The third-order valence-electron chi connectivity index (χ3n) is 2.62. The Labute approximate surface area is 97.2 Å². The number of anilines is 1. The molecular weight excluding hydrogens is 222 g/mol. The van der Waals surface area contributed by atoms with Gasteiger partial charge in [0.2, 0.25) is 0 Å². The van der Waals surface area contributed by atoms with Crippen molar-refractivity contribution in [3.05, 3.63) is 39.4 Å². The highest BCUT2D eigenvalue weighted by atomic mass is 16.6. The largest absolute Gasteiger partial charge is 0.381 e. The molecule has 0 spiro atoms. The van der Waals surface area contributed by atoms with Gasteiger partial charge in [-0.15, -0.1) is 0 Å². The second kappa shape index (κ2) is 3.89. The molecular formula is C11H11N3O3. The fourth-order valence-electron chi connectivity index (χ4n) is 1.62. The monoisotopic (exact) mass is 233 g/mol. The van der Waals surface area contributed by atoms with Crippen molar-refractivity contribution in [1.82, 2.24) is 5.16 Å². The smallest absolute Gasteiger partial charge is 0.272 e. The first kappa shape index (κ1) is 11.1. The summed E-state index contributed by atoms with van der Waals surface area (Å²) in [6.45, 7) is 3.47. The number of nitrogens with zero attached hydrogens (tertiary/aromatic N) is 2. The molecule has 1 aromatic carbocycles. The quantitative estimate of drug-likeness (QED) is 0.634. The third kappa shape index (κ3) is 1.84. The Morgan fingerprint density at radius 1 is 1.41 bits per heavy atom. The zero-order valence-electron chi connectivity index (χ0n) is 9.43. The summed E-state index contributed by atoms with van der Waals surface area (Å²) in [5.74, 6) is 0.872. The SMILES string of the molecule is Cc1cc(-c2onc(N)c2C)ccc1[N+](=O)[O-]. The minimum Gasteiger partial charge on any atom is -0.381 e. The van der Waals surface area contributed by atoms with Crippen LogP contribution < -0.4 is 5.73 Å². The van der Waals surface area contributed by atoms with Gasteiger partial charge in [-0.1, -0.05) is 5.16 Å². The average molecular weight is 233 g/mol. The van der Waals surface area contributed by atoms with E-state index in [0.29, 0.717) is 17.1 Å². The Bertz CT molecular complexity index is 590. The Hall–Kier alpha value is -2.37. The molecule has 1 aromatic heterocycles. The second-order valence-electron chi connectivity index (χ2n) is 3.78. The van der Waals surface area contributed by atoms with Gasteiger partial charge in [-0.3, -0.25) is 10.1 Å². The highest BCUT2D eigenvalue weighted by Crippen LogP contribution is 2.30. The Balaban J connectivity index is 2.52. The maximum Gasteiger partial charge on any atom is 0.272 e. The highest BCUT2D eigenvalue weighted by Gasteiger charge is 2.15. The highest BCUT2D eigenvalue weighted by molar-refractivity contribution is 5.67. The molecule has 0 aliphatic rings. The van der Waals surface area contributed by atoms with Crippen LogP contribution in [0.3, 0.4) is 0 Å². The molecule has 2 N–H and O–H groups in total. The van der Waals surface area contributed by atoms with Crippen molar-refractivity contribution in [2.24, 2.45) is 0 Å². The van der Waals surface area contributed by atoms with Crippen LogP contribution in [0.15, 0.2) is 22.7 Å². The summed E-state index contributed by atoms with van der Waals surface area (Å²) < 4.78 is 5.09. The maximum absolute atomic E-state index is 10.7. The Morgan fingerprint density at radius 2 is 2.12 bits per heavy atom. The number of rotatable bonds is 2. The number of hydrogen-bond acceptors (Lipinski definition) is 5. The summed E-state index contributed by atoms with van der Waals surface area (Å²) in [6.07, 6.45) is 0. The van der Waals surface area contributed by atoms with Crippen LogP contribution in [0.2, 0.25) is 0 Å². The van der Waals surface area contributed by atoms with Crippen molar-refractivity contribution in [3.63, 3.8) is 0 Å². The molecule has 0 atom stereocenters.